The molecule has 0 aromatic carbocycles. The van der Waals surface area contributed by atoms with Gasteiger partial charge in [-0.15, -0.1) is 24.8 Å². The van der Waals surface area contributed by atoms with Gasteiger partial charge in [0.1, 0.15) is 0 Å². The number of carbonyl (C=O) groups is 1. The van der Waals surface area contributed by atoms with Gasteiger partial charge >= 0.3 is 0 Å². The van der Waals surface area contributed by atoms with E-state index in [0.29, 0.717) is 32.6 Å². The van der Waals surface area contributed by atoms with Crippen LogP contribution in [0.1, 0.15) is 84.5 Å². The molecule has 154 valence electrons. The highest BCUT2D eigenvalue weighted by atomic mass is 35.5. The van der Waals surface area contributed by atoms with E-state index < -0.39 is 0 Å². The zero-order valence-electron chi connectivity index (χ0n) is 16.5. The molecule has 0 rings (SSSR count). The van der Waals surface area contributed by atoms with E-state index in [1.54, 1.807) is 4.90 Å². The first kappa shape index (κ1) is 29.7. The fourth-order valence-electron chi connectivity index (χ4n) is 2.90. The molecule has 0 aliphatic carbocycles. The number of unbranched alkanes of at least 4 members (excludes halogenated alkanes) is 8. The Hall–Kier alpha value is -0.0300. The number of hydrogen-bond donors (Lipinski definition) is 2. The van der Waals surface area contributed by atoms with Gasteiger partial charge in [-0.1, -0.05) is 71.6 Å². The van der Waals surface area contributed by atoms with Gasteiger partial charge in [0.2, 0.25) is 5.91 Å². The number of carbonyl (C=O) groups excluding carboxylic acids is 1. The average molecular weight is 400 g/mol. The molecule has 0 radical (unpaired) electrons. The molecule has 0 atom stereocenters. The van der Waals surface area contributed by atoms with Crippen LogP contribution in [0.5, 0.6) is 0 Å². The van der Waals surface area contributed by atoms with E-state index >= 15 is 0 Å². The van der Waals surface area contributed by atoms with Crippen LogP contribution in [0, 0.1) is 5.92 Å². The Morgan fingerprint density at radius 2 is 1.16 bits per heavy atom. The minimum Gasteiger partial charge on any atom is -0.340 e. The lowest BCUT2D eigenvalue weighted by molar-refractivity contribution is -0.131. The Bertz CT molecular complexity index is 273. The summed E-state index contributed by atoms with van der Waals surface area (Å²) in [6, 6.07) is 0. The highest BCUT2D eigenvalue weighted by molar-refractivity contribution is 5.85. The molecule has 4 nitrogen and oxygen atoms in total. The number of rotatable bonds is 16. The van der Waals surface area contributed by atoms with E-state index in [1.807, 2.05) is 0 Å². The van der Waals surface area contributed by atoms with Crippen LogP contribution in [0.2, 0.25) is 0 Å². The molecule has 0 aromatic heterocycles. The normalized spacial score (nSPS) is 10.3. The van der Waals surface area contributed by atoms with Crippen molar-refractivity contribution in [1.29, 1.82) is 0 Å². The molecule has 0 unspecified atom stereocenters. The van der Waals surface area contributed by atoms with Crippen molar-refractivity contribution in [1.82, 2.24) is 4.90 Å². The summed E-state index contributed by atoms with van der Waals surface area (Å²) in [4.78, 5) is 13.8. The van der Waals surface area contributed by atoms with Crippen LogP contribution in [-0.4, -0.2) is 37.0 Å². The summed E-state index contributed by atoms with van der Waals surface area (Å²) in [5, 5.41) is 0. The largest absolute Gasteiger partial charge is 0.340 e. The minimum atomic E-state index is 0. The third-order valence-electron chi connectivity index (χ3n) is 4.32. The van der Waals surface area contributed by atoms with Crippen molar-refractivity contribution in [2.75, 3.05) is 26.2 Å². The predicted octanol–water partition coefficient (Wildman–Crippen LogP) is 4.52. The maximum absolute atomic E-state index is 12.0. The summed E-state index contributed by atoms with van der Waals surface area (Å²) in [7, 11) is 0. The van der Waals surface area contributed by atoms with Crippen molar-refractivity contribution in [3.8, 4) is 0 Å². The smallest absolute Gasteiger partial charge is 0.222 e. The summed E-state index contributed by atoms with van der Waals surface area (Å²) in [6.07, 6.45) is 13.7. The first-order chi connectivity index (χ1) is 11.1. The first-order valence-corrected chi connectivity index (χ1v) is 9.79. The monoisotopic (exact) mass is 399 g/mol. The highest BCUT2D eigenvalue weighted by Crippen LogP contribution is 2.13. The van der Waals surface area contributed by atoms with E-state index in [4.69, 9.17) is 11.5 Å². The maximum atomic E-state index is 12.0. The average Bonchev–Trinajstić information content (AvgIpc) is 2.51. The fourth-order valence-corrected chi connectivity index (χ4v) is 2.90. The second kappa shape index (κ2) is 22.0. The summed E-state index contributed by atoms with van der Waals surface area (Å²) in [5.74, 6) is 1.06. The zero-order chi connectivity index (χ0) is 17.3. The molecule has 0 saturated carbocycles. The van der Waals surface area contributed by atoms with Crippen LogP contribution < -0.4 is 11.5 Å². The Morgan fingerprint density at radius 3 is 1.56 bits per heavy atom. The molecular formula is C19H43Cl2N3O. The Labute approximate surface area is 168 Å². The zero-order valence-corrected chi connectivity index (χ0v) is 18.1. The van der Waals surface area contributed by atoms with Gasteiger partial charge in [-0.2, -0.15) is 0 Å². The molecule has 0 aromatic rings. The lowest BCUT2D eigenvalue weighted by Gasteiger charge is -2.21. The SMILES string of the molecule is CC(C)CCCCCCCCCCCC(=O)N(CCN)CCN.Cl.Cl. The van der Waals surface area contributed by atoms with Crippen molar-refractivity contribution >= 4 is 30.7 Å². The lowest BCUT2D eigenvalue weighted by Crippen LogP contribution is -2.38. The molecule has 0 heterocycles. The first-order valence-electron chi connectivity index (χ1n) is 9.79. The van der Waals surface area contributed by atoms with Crippen LogP contribution in [0.25, 0.3) is 0 Å². The summed E-state index contributed by atoms with van der Waals surface area (Å²) in [5.41, 5.74) is 11.1. The lowest BCUT2D eigenvalue weighted by atomic mass is 10.0. The van der Waals surface area contributed by atoms with Gasteiger partial charge in [-0.25, -0.2) is 0 Å². The molecule has 0 fully saturated rings. The molecule has 25 heavy (non-hydrogen) atoms. The number of amides is 1. The molecule has 0 bridgehead atoms. The van der Waals surface area contributed by atoms with Gasteiger partial charge in [0.05, 0.1) is 0 Å². The van der Waals surface area contributed by atoms with E-state index in [0.717, 1.165) is 18.8 Å². The number of nitrogens with two attached hydrogens (primary N) is 2. The number of nitrogens with zero attached hydrogens (tertiary/aromatic N) is 1. The minimum absolute atomic E-state index is 0. The quantitative estimate of drug-likeness (QED) is 0.374. The van der Waals surface area contributed by atoms with Crippen molar-refractivity contribution in [3.63, 3.8) is 0 Å². The van der Waals surface area contributed by atoms with E-state index in [1.165, 1.54) is 51.4 Å². The highest BCUT2D eigenvalue weighted by Gasteiger charge is 2.10. The summed E-state index contributed by atoms with van der Waals surface area (Å²) >= 11 is 0. The topological polar surface area (TPSA) is 72.3 Å². The molecule has 1 amide bonds. The Balaban J connectivity index is -0.00000242. The molecular weight excluding hydrogens is 357 g/mol. The second-order valence-electron chi connectivity index (χ2n) is 7.07. The van der Waals surface area contributed by atoms with Crippen LogP contribution >= 0.6 is 24.8 Å². The second-order valence-corrected chi connectivity index (χ2v) is 7.07. The Morgan fingerprint density at radius 1 is 0.760 bits per heavy atom. The van der Waals surface area contributed by atoms with E-state index in [2.05, 4.69) is 13.8 Å². The van der Waals surface area contributed by atoms with Gasteiger partial charge in [0, 0.05) is 32.6 Å². The molecule has 4 N–H and O–H groups in total. The van der Waals surface area contributed by atoms with Crippen LogP contribution in [-0.2, 0) is 4.79 Å². The standard InChI is InChI=1S/C19H41N3O.2ClH/c1-18(2)12-10-8-6-4-3-5-7-9-11-13-19(23)22(16-14-20)17-15-21;;/h18H,3-17,20-21H2,1-2H3;2*1H. The van der Waals surface area contributed by atoms with Gasteiger partial charge in [-0.05, 0) is 12.3 Å². The third kappa shape index (κ3) is 20.1. The van der Waals surface area contributed by atoms with E-state index in [9.17, 15) is 4.79 Å². The van der Waals surface area contributed by atoms with Gasteiger partial charge in [0.15, 0.2) is 0 Å². The molecule has 6 heteroatoms. The van der Waals surface area contributed by atoms with Gasteiger partial charge in [0.25, 0.3) is 0 Å². The van der Waals surface area contributed by atoms with Gasteiger partial charge in [-0.3, -0.25) is 4.79 Å². The van der Waals surface area contributed by atoms with E-state index in [-0.39, 0.29) is 30.7 Å². The van der Waals surface area contributed by atoms with Crippen LogP contribution in [0.15, 0.2) is 0 Å². The molecule has 0 aliphatic heterocycles. The molecule has 0 saturated heterocycles. The maximum Gasteiger partial charge on any atom is 0.222 e. The number of hydrogen-bond acceptors (Lipinski definition) is 3. The van der Waals surface area contributed by atoms with Crippen molar-refractivity contribution in [2.45, 2.75) is 84.5 Å². The van der Waals surface area contributed by atoms with Crippen molar-refractivity contribution in [3.05, 3.63) is 0 Å². The summed E-state index contributed by atoms with van der Waals surface area (Å²) < 4.78 is 0. The third-order valence-corrected chi connectivity index (χ3v) is 4.32. The Kier molecular flexibility index (Phi) is 26.2. The molecule has 0 spiro atoms. The van der Waals surface area contributed by atoms with Crippen molar-refractivity contribution < 1.29 is 4.79 Å². The van der Waals surface area contributed by atoms with Crippen LogP contribution in [0.3, 0.4) is 0 Å². The fraction of sp³-hybridized carbons (Fsp3) is 0.947. The van der Waals surface area contributed by atoms with Crippen molar-refractivity contribution in [2.24, 2.45) is 17.4 Å². The predicted molar refractivity (Wildman–Crippen MR) is 115 cm³/mol. The summed E-state index contributed by atoms with van der Waals surface area (Å²) in [6.45, 7) is 6.90. The van der Waals surface area contributed by atoms with Crippen LogP contribution in [0.4, 0.5) is 0 Å². The molecule has 0 aliphatic rings. The number of halogens is 2. The van der Waals surface area contributed by atoms with Gasteiger partial charge < -0.3 is 16.4 Å².